The molecule has 124 valence electrons. The number of terminal acetylenes is 1. The van der Waals surface area contributed by atoms with Crippen molar-refractivity contribution in [3.8, 4) is 12.3 Å². The van der Waals surface area contributed by atoms with Gasteiger partial charge >= 0.3 is 5.97 Å². The smallest absolute Gasteiger partial charge is 0.310 e. The minimum absolute atomic E-state index is 0.0389. The fraction of sp³-hybridized carbons (Fsp3) is 0.722. The van der Waals surface area contributed by atoms with E-state index in [1.54, 1.807) is 0 Å². The molecule has 0 aliphatic heterocycles. The third-order valence-corrected chi connectivity index (χ3v) is 9.30. The molecular weight excluding hydrogens is 292 g/mol. The molecule has 0 heterocycles. The van der Waals surface area contributed by atoms with Crippen LogP contribution in [0.3, 0.4) is 0 Å². The molecule has 1 aliphatic carbocycles. The van der Waals surface area contributed by atoms with E-state index in [0.29, 0.717) is 13.0 Å². The van der Waals surface area contributed by atoms with Gasteiger partial charge in [0.25, 0.3) is 0 Å². The maximum absolute atomic E-state index is 12.3. The van der Waals surface area contributed by atoms with E-state index in [1.165, 1.54) is 0 Å². The number of rotatable bonds is 4. The lowest BCUT2D eigenvalue weighted by Crippen LogP contribution is -2.43. The maximum Gasteiger partial charge on any atom is 0.310 e. The summed E-state index contributed by atoms with van der Waals surface area (Å²) in [5, 5.41) is 0.121. The van der Waals surface area contributed by atoms with Crippen LogP contribution in [0.4, 0.5) is 0 Å². The Morgan fingerprint density at radius 2 is 2.05 bits per heavy atom. The van der Waals surface area contributed by atoms with Gasteiger partial charge in [-0.15, -0.1) is 12.3 Å². The summed E-state index contributed by atoms with van der Waals surface area (Å²) < 4.78 is 11.7. The molecule has 0 saturated heterocycles. The highest BCUT2D eigenvalue weighted by Gasteiger charge is 2.44. The molecule has 0 aromatic carbocycles. The number of hydrogen-bond donors (Lipinski definition) is 0. The molecule has 1 aliphatic rings. The van der Waals surface area contributed by atoms with Crippen molar-refractivity contribution < 1.29 is 14.0 Å². The van der Waals surface area contributed by atoms with Crippen LogP contribution in [0.15, 0.2) is 11.8 Å². The number of carbonyl (C=O) groups excluding carboxylic acids is 1. The van der Waals surface area contributed by atoms with Gasteiger partial charge in [-0.1, -0.05) is 27.7 Å². The molecule has 0 N–H and O–H groups in total. The Morgan fingerprint density at radius 1 is 1.45 bits per heavy atom. The Hall–Kier alpha value is -1.21. The number of carbonyl (C=O) groups is 1. The van der Waals surface area contributed by atoms with Gasteiger partial charge in [0.15, 0.2) is 0 Å². The van der Waals surface area contributed by atoms with Crippen LogP contribution in [0.25, 0.3) is 0 Å². The molecule has 3 atom stereocenters. The average molecular weight is 323 g/mol. The van der Waals surface area contributed by atoms with Gasteiger partial charge in [0.05, 0.1) is 18.3 Å². The van der Waals surface area contributed by atoms with Crippen LogP contribution in [-0.2, 0) is 14.0 Å². The largest absolute Gasteiger partial charge is 0.547 e. The van der Waals surface area contributed by atoms with Gasteiger partial charge in [-0.2, -0.15) is 0 Å². The van der Waals surface area contributed by atoms with Crippen LogP contribution in [0.2, 0.25) is 18.1 Å². The monoisotopic (exact) mass is 322 g/mol. The van der Waals surface area contributed by atoms with Crippen LogP contribution < -0.4 is 0 Å². The van der Waals surface area contributed by atoms with Gasteiger partial charge in [0, 0.05) is 11.8 Å². The fourth-order valence-corrected chi connectivity index (χ4v) is 3.63. The first kappa shape index (κ1) is 18.8. The Labute approximate surface area is 136 Å². The van der Waals surface area contributed by atoms with Crippen LogP contribution in [0.5, 0.6) is 0 Å². The second-order valence-electron chi connectivity index (χ2n) is 7.54. The Bertz CT molecular complexity index is 480. The second kappa shape index (κ2) is 6.91. The molecule has 0 aromatic rings. The van der Waals surface area contributed by atoms with Crippen molar-refractivity contribution in [2.75, 3.05) is 6.61 Å². The normalized spacial score (nSPS) is 25.9. The first-order valence-electron chi connectivity index (χ1n) is 8.07. The summed E-state index contributed by atoms with van der Waals surface area (Å²) in [6.07, 6.45) is 8.36. The van der Waals surface area contributed by atoms with Crippen LogP contribution >= 0.6 is 0 Å². The third kappa shape index (κ3) is 3.95. The average Bonchev–Trinajstić information content (AvgIpc) is 2.39. The summed E-state index contributed by atoms with van der Waals surface area (Å²) in [5.74, 6) is 2.99. The summed E-state index contributed by atoms with van der Waals surface area (Å²) in [4.78, 5) is 12.3. The minimum Gasteiger partial charge on any atom is -0.547 e. The first-order chi connectivity index (χ1) is 10.0. The third-order valence-electron chi connectivity index (χ3n) is 4.95. The van der Waals surface area contributed by atoms with Gasteiger partial charge in [-0.25, -0.2) is 0 Å². The molecule has 0 fully saturated rings. The second-order valence-corrected chi connectivity index (χ2v) is 12.3. The molecule has 0 saturated carbocycles. The fourth-order valence-electron chi connectivity index (χ4n) is 2.46. The Balaban J connectivity index is 3.02. The van der Waals surface area contributed by atoms with E-state index in [-0.39, 0.29) is 28.8 Å². The van der Waals surface area contributed by atoms with Crippen LogP contribution in [0.1, 0.15) is 41.0 Å². The van der Waals surface area contributed by atoms with Gasteiger partial charge in [0.2, 0.25) is 8.32 Å². The van der Waals surface area contributed by atoms with Gasteiger partial charge in [0.1, 0.15) is 0 Å². The molecule has 3 nitrogen and oxygen atoms in total. The molecule has 0 amide bonds. The van der Waals surface area contributed by atoms with E-state index < -0.39 is 8.32 Å². The molecule has 1 rings (SSSR count). The van der Waals surface area contributed by atoms with E-state index in [2.05, 4.69) is 45.9 Å². The molecule has 0 radical (unpaired) electrons. The first-order valence-corrected chi connectivity index (χ1v) is 11.0. The van der Waals surface area contributed by atoms with Crippen molar-refractivity contribution in [2.24, 2.45) is 17.8 Å². The zero-order valence-corrected chi connectivity index (χ0v) is 16.0. The highest BCUT2D eigenvalue weighted by atomic mass is 28.4. The predicted octanol–water partition coefficient (Wildman–Crippen LogP) is 4.36. The quantitative estimate of drug-likeness (QED) is 0.438. The molecule has 0 unspecified atom stereocenters. The summed E-state index contributed by atoms with van der Waals surface area (Å²) in [5.41, 5.74) is 0. The minimum atomic E-state index is -1.92. The zero-order valence-electron chi connectivity index (χ0n) is 15.0. The van der Waals surface area contributed by atoms with Crippen LogP contribution in [0, 0.1) is 30.1 Å². The summed E-state index contributed by atoms with van der Waals surface area (Å²) in [6, 6.07) is 0. The van der Waals surface area contributed by atoms with Gasteiger partial charge in [-0.05, 0) is 37.6 Å². The van der Waals surface area contributed by atoms with Crippen molar-refractivity contribution in [2.45, 2.75) is 59.2 Å². The SMILES string of the molecule is C#C[C@@H]1CC=C(O[Si](C)(C)C(C)(C)C)[C@@H](C)[C@H]1C(=O)OCC. The Morgan fingerprint density at radius 3 is 2.50 bits per heavy atom. The number of esters is 1. The highest BCUT2D eigenvalue weighted by molar-refractivity contribution is 6.74. The Kier molecular flexibility index (Phi) is 5.92. The summed E-state index contributed by atoms with van der Waals surface area (Å²) in [6.45, 7) is 15.3. The van der Waals surface area contributed by atoms with Crippen LogP contribution in [-0.4, -0.2) is 20.9 Å². The van der Waals surface area contributed by atoms with Crippen molar-refractivity contribution in [1.29, 1.82) is 0 Å². The molecule has 0 spiro atoms. The van der Waals surface area contributed by atoms with E-state index in [0.717, 1.165) is 5.76 Å². The van der Waals surface area contributed by atoms with Crippen molar-refractivity contribution in [1.82, 2.24) is 0 Å². The molecule has 0 aromatic heterocycles. The lowest BCUT2D eigenvalue weighted by atomic mass is 9.76. The van der Waals surface area contributed by atoms with Crippen molar-refractivity contribution >= 4 is 14.3 Å². The van der Waals surface area contributed by atoms with E-state index >= 15 is 0 Å². The molecule has 22 heavy (non-hydrogen) atoms. The van der Waals surface area contributed by atoms with Crippen molar-refractivity contribution in [3.05, 3.63) is 11.8 Å². The lowest BCUT2D eigenvalue weighted by Gasteiger charge is -2.41. The van der Waals surface area contributed by atoms with E-state index in [4.69, 9.17) is 15.6 Å². The highest BCUT2D eigenvalue weighted by Crippen LogP contribution is 2.42. The lowest BCUT2D eigenvalue weighted by molar-refractivity contribution is -0.151. The van der Waals surface area contributed by atoms with Crippen molar-refractivity contribution in [3.63, 3.8) is 0 Å². The predicted molar refractivity (Wildman–Crippen MR) is 92.6 cm³/mol. The summed E-state index contributed by atoms with van der Waals surface area (Å²) in [7, 11) is -1.92. The number of ether oxygens (including phenoxy) is 1. The van der Waals surface area contributed by atoms with Gasteiger partial charge < -0.3 is 9.16 Å². The zero-order chi connectivity index (χ0) is 17.1. The number of hydrogen-bond acceptors (Lipinski definition) is 3. The summed E-state index contributed by atoms with van der Waals surface area (Å²) >= 11 is 0. The maximum atomic E-state index is 12.3. The topological polar surface area (TPSA) is 35.5 Å². The number of allylic oxidation sites excluding steroid dienone is 2. The van der Waals surface area contributed by atoms with Gasteiger partial charge in [-0.3, -0.25) is 4.79 Å². The molecule has 0 bridgehead atoms. The van der Waals surface area contributed by atoms with E-state index in [1.807, 2.05) is 13.8 Å². The molecular formula is C18H30O3Si. The molecule has 4 heteroatoms. The standard InChI is InChI=1S/C18H30O3Si/c1-9-14-11-12-15(21-22(7,8)18(4,5)6)13(3)16(14)17(19)20-10-2/h1,12-14,16H,10-11H2,2-8H3/t13-,14-,16-/m1/s1. The van der Waals surface area contributed by atoms with E-state index in [9.17, 15) is 4.79 Å².